The van der Waals surface area contributed by atoms with Crippen molar-refractivity contribution in [2.75, 3.05) is 37.6 Å². The van der Waals surface area contributed by atoms with Gasteiger partial charge in [-0.15, -0.1) is 0 Å². The van der Waals surface area contributed by atoms with Crippen LogP contribution >= 0.6 is 11.6 Å². The molecule has 0 amide bonds. The molecule has 0 spiro atoms. The number of halogens is 1. The van der Waals surface area contributed by atoms with E-state index >= 15 is 0 Å². The largest absolute Gasteiger partial charge is 0.364 e. The lowest BCUT2D eigenvalue weighted by atomic mass is 10.1. The normalized spacial score (nSPS) is 19.5. The summed E-state index contributed by atoms with van der Waals surface area (Å²) in [5, 5.41) is 0.559. The molecular formula is C26H29ClN4. The zero-order valence-electron chi connectivity index (χ0n) is 17.8. The van der Waals surface area contributed by atoms with E-state index in [1.165, 1.54) is 22.4 Å². The summed E-state index contributed by atoms with van der Waals surface area (Å²) in [5.41, 5.74) is 5.50. The average Bonchev–Trinajstić information content (AvgIpc) is 2.95. The van der Waals surface area contributed by atoms with Crippen LogP contribution in [-0.4, -0.2) is 53.5 Å². The zero-order valence-corrected chi connectivity index (χ0v) is 18.6. The molecule has 0 aliphatic carbocycles. The monoisotopic (exact) mass is 432 g/mol. The first-order valence-electron chi connectivity index (χ1n) is 11.2. The summed E-state index contributed by atoms with van der Waals surface area (Å²) in [6.45, 7) is 7.44. The summed E-state index contributed by atoms with van der Waals surface area (Å²) in [6, 6.07) is 24.3. The average molecular weight is 433 g/mol. The Morgan fingerprint density at radius 1 is 0.839 bits per heavy atom. The lowest BCUT2D eigenvalue weighted by molar-refractivity contribution is 0.177. The van der Waals surface area contributed by atoms with Gasteiger partial charge in [0.05, 0.1) is 6.04 Å². The predicted molar refractivity (Wildman–Crippen MR) is 128 cm³/mol. The molecule has 0 radical (unpaired) electrons. The molecule has 1 fully saturated rings. The van der Waals surface area contributed by atoms with Crippen LogP contribution < -0.4 is 4.90 Å². The minimum absolute atomic E-state index is 0.504. The Kier molecular flexibility index (Phi) is 6.21. The van der Waals surface area contributed by atoms with Gasteiger partial charge in [-0.3, -0.25) is 9.80 Å². The van der Waals surface area contributed by atoms with Gasteiger partial charge in [-0.2, -0.15) is 0 Å². The second kappa shape index (κ2) is 9.39. The SMILES string of the molecule is Clc1ccc(CCN2Cc3ccccc3N3CCN(Cc4ccccc4)CC3C2)cn1. The fourth-order valence-corrected chi connectivity index (χ4v) is 5.03. The van der Waals surface area contributed by atoms with E-state index in [1.807, 2.05) is 12.3 Å². The van der Waals surface area contributed by atoms with Gasteiger partial charge in [0.15, 0.2) is 0 Å². The number of nitrogens with zero attached hydrogens (tertiary/aromatic N) is 4. The number of benzene rings is 2. The van der Waals surface area contributed by atoms with Crippen LogP contribution in [0.15, 0.2) is 72.9 Å². The Labute approximate surface area is 190 Å². The highest BCUT2D eigenvalue weighted by molar-refractivity contribution is 6.29. The highest BCUT2D eigenvalue weighted by atomic mass is 35.5. The number of aromatic nitrogens is 1. The molecular weight excluding hydrogens is 404 g/mol. The van der Waals surface area contributed by atoms with Gasteiger partial charge in [-0.05, 0) is 35.2 Å². The molecule has 2 aromatic carbocycles. The van der Waals surface area contributed by atoms with E-state index in [4.69, 9.17) is 11.6 Å². The molecule has 0 N–H and O–H groups in total. The van der Waals surface area contributed by atoms with E-state index < -0.39 is 0 Å². The van der Waals surface area contributed by atoms with Crippen LogP contribution in [0.1, 0.15) is 16.7 Å². The fraction of sp³-hybridized carbons (Fsp3) is 0.346. The summed E-state index contributed by atoms with van der Waals surface area (Å²) < 4.78 is 0. The number of para-hydroxylation sites is 1. The Balaban J connectivity index is 1.32. The van der Waals surface area contributed by atoms with Crippen molar-refractivity contribution in [2.24, 2.45) is 0 Å². The van der Waals surface area contributed by atoms with Gasteiger partial charge in [0, 0.05) is 57.7 Å². The molecule has 1 atom stereocenters. The highest BCUT2D eigenvalue weighted by Gasteiger charge is 2.32. The summed E-state index contributed by atoms with van der Waals surface area (Å²) in [6.07, 6.45) is 2.90. The first kappa shape index (κ1) is 20.5. The van der Waals surface area contributed by atoms with E-state index in [9.17, 15) is 0 Å². The van der Waals surface area contributed by atoms with Gasteiger partial charge in [0.1, 0.15) is 5.15 Å². The maximum Gasteiger partial charge on any atom is 0.129 e. The van der Waals surface area contributed by atoms with E-state index in [1.54, 1.807) is 0 Å². The van der Waals surface area contributed by atoms with E-state index in [2.05, 4.69) is 80.3 Å². The van der Waals surface area contributed by atoms with Gasteiger partial charge in [-0.1, -0.05) is 66.2 Å². The molecule has 0 saturated carbocycles. The van der Waals surface area contributed by atoms with Crippen LogP contribution in [0.5, 0.6) is 0 Å². The number of fused-ring (bicyclic) bond motifs is 3. The van der Waals surface area contributed by atoms with E-state index in [-0.39, 0.29) is 0 Å². The predicted octanol–water partition coefficient (Wildman–Crippen LogP) is 4.48. The van der Waals surface area contributed by atoms with Gasteiger partial charge < -0.3 is 4.90 Å². The minimum atomic E-state index is 0.504. The standard InChI is InChI=1S/C26H29ClN4/c27-26-11-10-21(16-28-26)12-13-29-18-23-8-4-5-9-25(23)31-15-14-30(20-24(31)19-29)17-22-6-2-1-3-7-22/h1-11,16,24H,12-15,17-20H2. The Morgan fingerprint density at radius 3 is 2.48 bits per heavy atom. The second-order valence-electron chi connectivity index (χ2n) is 8.67. The van der Waals surface area contributed by atoms with Crippen LogP contribution in [0, 0.1) is 0 Å². The number of hydrogen-bond acceptors (Lipinski definition) is 4. The third kappa shape index (κ3) is 4.93. The minimum Gasteiger partial charge on any atom is -0.364 e. The van der Waals surface area contributed by atoms with Crippen molar-refractivity contribution >= 4 is 17.3 Å². The molecule has 1 aromatic heterocycles. The molecule has 3 aromatic rings. The topological polar surface area (TPSA) is 22.6 Å². The van der Waals surface area contributed by atoms with Crippen molar-refractivity contribution < 1.29 is 0 Å². The first-order chi connectivity index (χ1) is 15.2. The molecule has 5 rings (SSSR count). The Hall–Kier alpha value is -2.40. The molecule has 2 aliphatic heterocycles. The molecule has 160 valence electrons. The summed E-state index contributed by atoms with van der Waals surface area (Å²) in [4.78, 5) is 12.1. The van der Waals surface area contributed by atoms with Crippen molar-refractivity contribution in [2.45, 2.75) is 25.6 Å². The maximum atomic E-state index is 5.95. The maximum absolute atomic E-state index is 5.95. The molecule has 1 unspecified atom stereocenters. The second-order valence-corrected chi connectivity index (χ2v) is 9.06. The van der Waals surface area contributed by atoms with Crippen LogP contribution in [-0.2, 0) is 19.5 Å². The van der Waals surface area contributed by atoms with Gasteiger partial charge in [0.25, 0.3) is 0 Å². The van der Waals surface area contributed by atoms with Crippen molar-refractivity contribution in [1.82, 2.24) is 14.8 Å². The van der Waals surface area contributed by atoms with Crippen LogP contribution in [0.4, 0.5) is 5.69 Å². The zero-order chi connectivity index (χ0) is 21.0. The lowest BCUT2D eigenvalue weighted by Gasteiger charge is -2.43. The number of rotatable bonds is 5. The summed E-state index contributed by atoms with van der Waals surface area (Å²) in [5.74, 6) is 0. The smallest absolute Gasteiger partial charge is 0.129 e. The number of piperazine rings is 1. The molecule has 1 saturated heterocycles. The molecule has 3 heterocycles. The van der Waals surface area contributed by atoms with Gasteiger partial charge >= 0.3 is 0 Å². The third-order valence-electron chi connectivity index (χ3n) is 6.49. The van der Waals surface area contributed by atoms with E-state index in [0.29, 0.717) is 11.2 Å². The highest BCUT2D eigenvalue weighted by Crippen LogP contribution is 2.30. The summed E-state index contributed by atoms with van der Waals surface area (Å²) in [7, 11) is 0. The van der Waals surface area contributed by atoms with Crippen molar-refractivity contribution in [3.8, 4) is 0 Å². The molecule has 5 heteroatoms. The lowest BCUT2D eigenvalue weighted by Crippen LogP contribution is -2.56. The first-order valence-corrected chi connectivity index (χ1v) is 11.6. The molecule has 31 heavy (non-hydrogen) atoms. The molecule has 4 nitrogen and oxygen atoms in total. The van der Waals surface area contributed by atoms with Crippen LogP contribution in [0.3, 0.4) is 0 Å². The summed E-state index contributed by atoms with van der Waals surface area (Å²) >= 11 is 5.95. The number of hydrogen-bond donors (Lipinski definition) is 0. The van der Waals surface area contributed by atoms with Gasteiger partial charge in [0.2, 0.25) is 0 Å². The number of anilines is 1. The quantitative estimate of drug-likeness (QED) is 0.554. The fourth-order valence-electron chi connectivity index (χ4n) is 4.92. The van der Waals surface area contributed by atoms with Crippen LogP contribution in [0.25, 0.3) is 0 Å². The number of pyridine rings is 1. The van der Waals surface area contributed by atoms with E-state index in [0.717, 1.165) is 52.2 Å². The Bertz CT molecular complexity index is 992. The molecule has 2 aliphatic rings. The third-order valence-corrected chi connectivity index (χ3v) is 6.71. The van der Waals surface area contributed by atoms with Crippen molar-refractivity contribution in [3.05, 3.63) is 94.8 Å². The molecule has 0 bridgehead atoms. The van der Waals surface area contributed by atoms with Crippen molar-refractivity contribution in [1.29, 1.82) is 0 Å². The van der Waals surface area contributed by atoms with Gasteiger partial charge in [-0.25, -0.2) is 4.98 Å². The Morgan fingerprint density at radius 2 is 1.65 bits per heavy atom. The van der Waals surface area contributed by atoms with Crippen molar-refractivity contribution in [3.63, 3.8) is 0 Å². The van der Waals surface area contributed by atoms with Crippen LogP contribution in [0.2, 0.25) is 5.15 Å².